The lowest BCUT2D eigenvalue weighted by molar-refractivity contribution is -0.137. The summed E-state index contributed by atoms with van der Waals surface area (Å²) in [6.45, 7) is 8.71. The zero-order valence-corrected chi connectivity index (χ0v) is 16.0. The molecule has 0 aliphatic carbocycles. The van der Waals surface area contributed by atoms with E-state index in [1.807, 2.05) is 0 Å². The maximum absolute atomic E-state index is 13.0. The number of amides is 1. The van der Waals surface area contributed by atoms with E-state index < -0.39 is 0 Å². The summed E-state index contributed by atoms with van der Waals surface area (Å²) in [6, 6.07) is 0.0246. The third-order valence-electron chi connectivity index (χ3n) is 6.37. The number of carbonyl (C=O) groups excluding carboxylic acids is 1. The molecule has 3 aliphatic heterocycles. The zero-order valence-electron chi connectivity index (χ0n) is 16.0. The topological polar surface area (TPSA) is 66.3 Å². The van der Waals surface area contributed by atoms with E-state index in [0.717, 1.165) is 70.3 Å². The first-order valence-corrected chi connectivity index (χ1v) is 10.4. The second-order valence-electron chi connectivity index (χ2n) is 8.03. The Labute approximate surface area is 156 Å². The van der Waals surface area contributed by atoms with Gasteiger partial charge in [0.1, 0.15) is 11.6 Å². The van der Waals surface area contributed by atoms with Gasteiger partial charge in [-0.25, -0.2) is 0 Å². The molecule has 0 saturated carbocycles. The van der Waals surface area contributed by atoms with E-state index in [0.29, 0.717) is 11.8 Å². The second kappa shape index (κ2) is 8.05. The largest absolute Gasteiger partial charge is 0.341 e. The predicted octanol–water partition coefficient (Wildman–Crippen LogP) is 1.35. The van der Waals surface area contributed by atoms with Crippen molar-refractivity contribution in [1.29, 1.82) is 0 Å². The van der Waals surface area contributed by atoms with Crippen LogP contribution in [0, 0.1) is 0 Å². The van der Waals surface area contributed by atoms with Gasteiger partial charge in [-0.2, -0.15) is 0 Å². The summed E-state index contributed by atoms with van der Waals surface area (Å²) in [5.74, 6) is 2.94. The maximum atomic E-state index is 13.0. The standard InChI is InChI=1S/C19H32N6O/c1-15(23-9-4-2-3-5-10-23)19(26)24-11-6-16(7-12-24)18-22-21-17-14-20-8-13-25(17)18/h15-16,20H,2-14H2,1H3. The number of hydrogen-bond acceptors (Lipinski definition) is 5. The Bertz CT molecular complexity index is 614. The Morgan fingerprint density at radius 2 is 1.77 bits per heavy atom. The fourth-order valence-electron chi connectivity index (χ4n) is 4.68. The fraction of sp³-hybridized carbons (Fsp3) is 0.842. The molecule has 1 N–H and O–H groups in total. The molecule has 1 aromatic heterocycles. The Balaban J connectivity index is 1.34. The van der Waals surface area contributed by atoms with Crippen LogP contribution in [0.3, 0.4) is 0 Å². The summed E-state index contributed by atoms with van der Waals surface area (Å²) in [5, 5.41) is 12.2. The van der Waals surface area contributed by atoms with Crippen molar-refractivity contribution in [2.75, 3.05) is 32.7 Å². The molecule has 1 amide bonds. The first kappa shape index (κ1) is 17.9. The van der Waals surface area contributed by atoms with Gasteiger partial charge in [0.2, 0.25) is 5.91 Å². The lowest BCUT2D eigenvalue weighted by Gasteiger charge is -2.36. The van der Waals surface area contributed by atoms with Crippen molar-refractivity contribution in [2.24, 2.45) is 0 Å². The highest BCUT2D eigenvalue weighted by molar-refractivity contribution is 5.81. The van der Waals surface area contributed by atoms with Crippen LogP contribution < -0.4 is 5.32 Å². The minimum Gasteiger partial charge on any atom is -0.341 e. The molecular formula is C19H32N6O. The smallest absolute Gasteiger partial charge is 0.239 e. The molecule has 1 unspecified atom stereocenters. The van der Waals surface area contributed by atoms with E-state index in [2.05, 4.69) is 36.8 Å². The van der Waals surface area contributed by atoms with Crippen molar-refractivity contribution in [2.45, 2.75) is 70.5 Å². The molecule has 144 valence electrons. The quantitative estimate of drug-likeness (QED) is 0.881. The number of nitrogens with one attached hydrogen (secondary N) is 1. The number of carbonyl (C=O) groups is 1. The number of rotatable bonds is 3. The highest BCUT2D eigenvalue weighted by Crippen LogP contribution is 2.28. The van der Waals surface area contributed by atoms with Gasteiger partial charge in [-0.05, 0) is 45.7 Å². The van der Waals surface area contributed by atoms with Crippen LogP contribution in [0.2, 0.25) is 0 Å². The number of fused-ring (bicyclic) bond motifs is 1. The van der Waals surface area contributed by atoms with Crippen LogP contribution >= 0.6 is 0 Å². The minimum atomic E-state index is 0.0246. The van der Waals surface area contributed by atoms with E-state index in [1.165, 1.54) is 25.7 Å². The summed E-state index contributed by atoms with van der Waals surface area (Å²) >= 11 is 0. The highest BCUT2D eigenvalue weighted by Gasteiger charge is 2.32. The van der Waals surface area contributed by atoms with Crippen molar-refractivity contribution in [3.63, 3.8) is 0 Å². The zero-order chi connectivity index (χ0) is 17.9. The number of nitrogens with zero attached hydrogens (tertiary/aromatic N) is 5. The van der Waals surface area contributed by atoms with Crippen molar-refractivity contribution in [1.82, 2.24) is 29.9 Å². The number of aromatic nitrogens is 3. The Morgan fingerprint density at radius 1 is 1.04 bits per heavy atom. The first-order valence-electron chi connectivity index (χ1n) is 10.4. The Morgan fingerprint density at radius 3 is 2.50 bits per heavy atom. The molecule has 0 bridgehead atoms. The number of likely N-dealkylation sites (tertiary alicyclic amines) is 2. The fourth-order valence-corrected chi connectivity index (χ4v) is 4.68. The van der Waals surface area contributed by atoms with Gasteiger partial charge in [-0.3, -0.25) is 9.69 Å². The van der Waals surface area contributed by atoms with E-state index in [9.17, 15) is 4.79 Å². The molecule has 0 aromatic carbocycles. The molecule has 4 heterocycles. The first-order chi connectivity index (χ1) is 12.7. The molecule has 7 heteroatoms. The van der Waals surface area contributed by atoms with Crippen molar-refractivity contribution in [3.8, 4) is 0 Å². The average molecular weight is 361 g/mol. The normalized spacial score (nSPS) is 24.1. The van der Waals surface area contributed by atoms with Crippen LogP contribution in [-0.2, 0) is 17.9 Å². The summed E-state index contributed by atoms with van der Waals surface area (Å²) in [7, 11) is 0. The molecule has 7 nitrogen and oxygen atoms in total. The van der Waals surface area contributed by atoms with Gasteiger partial charge in [0.05, 0.1) is 12.6 Å². The summed E-state index contributed by atoms with van der Waals surface area (Å²) < 4.78 is 2.29. The van der Waals surface area contributed by atoms with Crippen LogP contribution in [0.25, 0.3) is 0 Å². The minimum absolute atomic E-state index is 0.0246. The lowest BCUT2D eigenvalue weighted by Crippen LogP contribution is -2.49. The maximum Gasteiger partial charge on any atom is 0.239 e. The van der Waals surface area contributed by atoms with Gasteiger partial charge in [-0.15, -0.1) is 10.2 Å². The second-order valence-corrected chi connectivity index (χ2v) is 8.03. The monoisotopic (exact) mass is 360 g/mol. The summed E-state index contributed by atoms with van der Waals surface area (Å²) in [4.78, 5) is 17.5. The molecule has 2 saturated heterocycles. The van der Waals surface area contributed by atoms with Crippen LogP contribution in [0.1, 0.15) is 63.0 Å². The van der Waals surface area contributed by atoms with Crippen molar-refractivity contribution < 1.29 is 4.79 Å². The molecule has 26 heavy (non-hydrogen) atoms. The summed E-state index contributed by atoms with van der Waals surface area (Å²) in [6.07, 6.45) is 7.08. The van der Waals surface area contributed by atoms with Crippen LogP contribution in [-0.4, -0.2) is 69.2 Å². The van der Waals surface area contributed by atoms with Gasteiger partial charge in [-0.1, -0.05) is 12.8 Å². The van der Waals surface area contributed by atoms with Gasteiger partial charge >= 0.3 is 0 Å². The molecule has 1 aromatic rings. The molecule has 2 fully saturated rings. The average Bonchev–Trinajstić information content (AvgIpc) is 2.93. The van der Waals surface area contributed by atoms with Crippen LogP contribution in [0.4, 0.5) is 0 Å². The SMILES string of the molecule is CC(C(=O)N1CCC(c2nnc3n2CCNC3)CC1)N1CCCCCC1. The number of piperidine rings is 1. The molecular weight excluding hydrogens is 328 g/mol. The predicted molar refractivity (Wildman–Crippen MR) is 99.8 cm³/mol. The van der Waals surface area contributed by atoms with Gasteiger partial charge < -0.3 is 14.8 Å². The molecule has 0 spiro atoms. The van der Waals surface area contributed by atoms with Crippen LogP contribution in [0.5, 0.6) is 0 Å². The molecule has 0 radical (unpaired) electrons. The van der Waals surface area contributed by atoms with E-state index in [4.69, 9.17) is 0 Å². The molecule has 3 aliphatic rings. The Hall–Kier alpha value is -1.47. The van der Waals surface area contributed by atoms with E-state index in [1.54, 1.807) is 0 Å². The Kier molecular flexibility index (Phi) is 5.55. The van der Waals surface area contributed by atoms with E-state index >= 15 is 0 Å². The van der Waals surface area contributed by atoms with Crippen LogP contribution in [0.15, 0.2) is 0 Å². The third-order valence-corrected chi connectivity index (χ3v) is 6.37. The summed E-state index contributed by atoms with van der Waals surface area (Å²) in [5.41, 5.74) is 0. The van der Waals surface area contributed by atoms with Crippen molar-refractivity contribution in [3.05, 3.63) is 11.6 Å². The molecule has 1 atom stereocenters. The van der Waals surface area contributed by atoms with Gasteiger partial charge in [0.25, 0.3) is 0 Å². The van der Waals surface area contributed by atoms with Gasteiger partial charge in [0, 0.05) is 32.1 Å². The highest BCUT2D eigenvalue weighted by atomic mass is 16.2. The molecule has 4 rings (SSSR count). The van der Waals surface area contributed by atoms with E-state index in [-0.39, 0.29) is 6.04 Å². The third kappa shape index (κ3) is 3.64. The van der Waals surface area contributed by atoms with Gasteiger partial charge in [0.15, 0.2) is 0 Å². The number of hydrogen-bond donors (Lipinski definition) is 1. The van der Waals surface area contributed by atoms with Crippen molar-refractivity contribution >= 4 is 5.91 Å². The lowest BCUT2D eigenvalue weighted by atomic mass is 9.95.